The summed E-state index contributed by atoms with van der Waals surface area (Å²) in [5, 5.41) is 7.27. The molecule has 0 aliphatic carbocycles. The van der Waals surface area contributed by atoms with Gasteiger partial charge >= 0.3 is 6.09 Å². The summed E-state index contributed by atoms with van der Waals surface area (Å²) in [5.41, 5.74) is -0.403. The summed E-state index contributed by atoms with van der Waals surface area (Å²) in [5.74, 6) is 0.769. The number of nitrogens with one attached hydrogen (secondary N) is 2. The van der Waals surface area contributed by atoms with E-state index >= 15 is 0 Å². The number of nitrogens with zero attached hydrogens (tertiary/aromatic N) is 1. The third kappa shape index (κ3) is 4.38. The highest BCUT2D eigenvalue weighted by Crippen LogP contribution is 2.36. The Labute approximate surface area is 140 Å². The van der Waals surface area contributed by atoms with Crippen molar-refractivity contribution in [3.05, 3.63) is 0 Å². The highest BCUT2D eigenvalue weighted by atomic mass is 16.6. The predicted octanol–water partition coefficient (Wildman–Crippen LogP) is 2.51. The molecule has 3 heterocycles. The zero-order valence-corrected chi connectivity index (χ0v) is 14.9. The van der Waals surface area contributed by atoms with Gasteiger partial charge in [0.25, 0.3) is 0 Å². The maximum Gasteiger partial charge on any atom is 0.410 e. The molecule has 3 aliphatic rings. The Kier molecular flexibility index (Phi) is 5.16. The molecule has 0 aromatic heterocycles. The van der Waals surface area contributed by atoms with Gasteiger partial charge in [0.15, 0.2) is 0 Å². The van der Waals surface area contributed by atoms with Crippen LogP contribution in [0, 0.1) is 5.92 Å². The van der Waals surface area contributed by atoms with Crippen molar-refractivity contribution in [2.45, 2.75) is 83.0 Å². The normalized spacial score (nSPS) is 34.5. The van der Waals surface area contributed by atoms with Crippen LogP contribution in [-0.4, -0.2) is 54.4 Å². The summed E-state index contributed by atoms with van der Waals surface area (Å²) in [6, 6.07) is 1.30. The van der Waals surface area contributed by atoms with E-state index in [1.165, 1.54) is 19.4 Å². The minimum atomic E-state index is -0.403. The van der Waals surface area contributed by atoms with E-state index in [4.69, 9.17) is 4.74 Å². The van der Waals surface area contributed by atoms with E-state index in [1.807, 2.05) is 25.7 Å². The number of hydrogen-bond donors (Lipinski definition) is 2. The minimum absolute atomic E-state index is 0.111. The molecular weight excluding hydrogens is 290 g/mol. The molecule has 132 valence electrons. The number of fused-ring (bicyclic) bond motifs is 2. The first kappa shape index (κ1) is 17.0. The quantitative estimate of drug-likeness (QED) is 0.838. The van der Waals surface area contributed by atoms with Gasteiger partial charge in [-0.2, -0.15) is 0 Å². The molecule has 23 heavy (non-hydrogen) atoms. The molecule has 5 nitrogen and oxygen atoms in total. The van der Waals surface area contributed by atoms with Gasteiger partial charge in [0.2, 0.25) is 0 Å². The van der Waals surface area contributed by atoms with Crippen molar-refractivity contribution in [1.82, 2.24) is 15.5 Å². The maximum atomic E-state index is 12.5. The van der Waals surface area contributed by atoms with Gasteiger partial charge in [-0.15, -0.1) is 0 Å². The van der Waals surface area contributed by atoms with Crippen molar-refractivity contribution < 1.29 is 9.53 Å². The first-order chi connectivity index (χ1) is 10.9. The molecule has 3 rings (SSSR count). The van der Waals surface area contributed by atoms with Crippen LogP contribution in [0.1, 0.15) is 59.3 Å². The smallest absolute Gasteiger partial charge is 0.410 e. The van der Waals surface area contributed by atoms with Gasteiger partial charge in [-0.1, -0.05) is 0 Å². The second-order valence-corrected chi connectivity index (χ2v) is 8.56. The fourth-order valence-electron chi connectivity index (χ4n) is 4.39. The van der Waals surface area contributed by atoms with Gasteiger partial charge in [0.1, 0.15) is 5.60 Å². The third-order valence-corrected chi connectivity index (χ3v) is 5.43. The molecule has 2 N–H and O–H groups in total. The fourth-order valence-corrected chi connectivity index (χ4v) is 4.39. The molecule has 3 aliphatic heterocycles. The third-order valence-electron chi connectivity index (χ3n) is 5.43. The molecule has 0 aromatic carbocycles. The summed E-state index contributed by atoms with van der Waals surface area (Å²) >= 11 is 0. The van der Waals surface area contributed by atoms with E-state index in [1.54, 1.807) is 0 Å². The lowest BCUT2D eigenvalue weighted by Crippen LogP contribution is -2.53. The van der Waals surface area contributed by atoms with E-state index in [2.05, 4.69) is 10.6 Å². The summed E-state index contributed by atoms with van der Waals surface area (Å²) in [4.78, 5) is 14.5. The summed E-state index contributed by atoms with van der Waals surface area (Å²) in [7, 11) is 0. The van der Waals surface area contributed by atoms with E-state index in [0.29, 0.717) is 18.1 Å². The van der Waals surface area contributed by atoms with Crippen molar-refractivity contribution in [3.63, 3.8) is 0 Å². The van der Waals surface area contributed by atoms with Crippen molar-refractivity contribution in [2.75, 3.05) is 19.6 Å². The predicted molar refractivity (Wildman–Crippen MR) is 91.5 cm³/mol. The van der Waals surface area contributed by atoms with Gasteiger partial charge < -0.3 is 20.3 Å². The Hall–Kier alpha value is -0.810. The number of hydrogen-bond acceptors (Lipinski definition) is 4. The average Bonchev–Trinajstić information content (AvgIpc) is 2.76. The van der Waals surface area contributed by atoms with Crippen LogP contribution in [-0.2, 0) is 4.74 Å². The molecule has 0 spiro atoms. The standard InChI is InChI=1S/C18H33N3O2/c1-18(2,3)23-17(22)21-15-6-7-16(21)10-14(9-15)20-12-13-5-4-8-19-11-13/h13-16,19-20H,4-12H2,1-3H3. The zero-order valence-electron chi connectivity index (χ0n) is 14.9. The number of amides is 1. The topological polar surface area (TPSA) is 53.6 Å². The van der Waals surface area contributed by atoms with Crippen molar-refractivity contribution in [3.8, 4) is 0 Å². The van der Waals surface area contributed by atoms with Crippen LogP contribution < -0.4 is 10.6 Å². The van der Waals surface area contributed by atoms with Gasteiger partial charge in [-0.25, -0.2) is 4.79 Å². The Morgan fingerprint density at radius 3 is 2.48 bits per heavy atom. The average molecular weight is 323 g/mol. The van der Waals surface area contributed by atoms with Gasteiger partial charge in [0.05, 0.1) is 0 Å². The number of carbonyl (C=O) groups is 1. The molecule has 3 fully saturated rings. The largest absolute Gasteiger partial charge is 0.444 e. The molecule has 0 saturated carbocycles. The Balaban J connectivity index is 1.49. The molecular formula is C18H33N3O2. The van der Waals surface area contributed by atoms with Gasteiger partial charge in [-0.3, -0.25) is 0 Å². The van der Waals surface area contributed by atoms with Gasteiger partial charge in [0, 0.05) is 18.1 Å². The lowest BCUT2D eigenvalue weighted by atomic mass is 9.95. The first-order valence-corrected chi connectivity index (χ1v) is 9.38. The number of ether oxygens (including phenoxy) is 1. The summed E-state index contributed by atoms with van der Waals surface area (Å²) in [6.07, 6.45) is 6.95. The Morgan fingerprint density at radius 2 is 1.91 bits per heavy atom. The van der Waals surface area contributed by atoms with Crippen LogP contribution in [0.4, 0.5) is 4.79 Å². The van der Waals surface area contributed by atoms with Crippen LogP contribution in [0.2, 0.25) is 0 Å². The van der Waals surface area contributed by atoms with Crippen LogP contribution >= 0.6 is 0 Å². The van der Waals surface area contributed by atoms with E-state index in [9.17, 15) is 4.79 Å². The van der Waals surface area contributed by atoms with Crippen LogP contribution in [0.3, 0.4) is 0 Å². The molecule has 3 atom stereocenters. The monoisotopic (exact) mass is 323 g/mol. The Morgan fingerprint density at radius 1 is 1.22 bits per heavy atom. The summed E-state index contributed by atoms with van der Waals surface area (Å²) in [6.45, 7) is 9.27. The number of piperidine rings is 2. The number of rotatable bonds is 3. The number of carbonyl (C=O) groups excluding carboxylic acids is 1. The highest BCUT2D eigenvalue weighted by Gasteiger charge is 2.44. The molecule has 2 bridgehead atoms. The van der Waals surface area contributed by atoms with Crippen LogP contribution in [0.15, 0.2) is 0 Å². The van der Waals surface area contributed by atoms with E-state index in [-0.39, 0.29) is 6.09 Å². The van der Waals surface area contributed by atoms with Crippen molar-refractivity contribution in [1.29, 1.82) is 0 Å². The van der Waals surface area contributed by atoms with Gasteiger partial charge in [-0.05, 0) is 84.8 Å². The summed E-state index contributed by atoms with van der Waals surface area (Å²) < 4.78 is 5.61. The molecule has 3 saturated heterocycles. The van der Waals surface area contributed by atoms with E-state index in [0.717, 1.165) is 44.7 Å². The first-order valence-electron chi connectivity index (χ1n) is 9.38. The molecule has 0 radical (unpaired) electrons. The molecule has 1 amide bonds. The Bertz CT molecular complexity index is 401. The van der Waals surface area contributed by atoms with Crippen molar-refractivity contribution in [2.24, 2.45) is 5.92 Å². The highest BCUT2D eigenvalue weighted by molar-refractivity contribution is 5.69. The molecule has 0 aromatic rings. The fraction of sp³-hybridized carbons (Fsp3) is 0.944. The van der Waals surface area contributed by atoms with Crippen molar-refractivity contribution >= 4 is 6.09 Å². The second kappa shape index (κ2) is 6.98. The van der Waals surface area contributed by atoms with Crippen LogP contribution in [0.5, 0.6) is 0 Å². The second-order valence-electron chi connectivity index (χ2n) is 8.56. The maximum absolute atomic E-state index is 12.5. The minimum Gasteiger partial charge on any atom is -0.444 e. The lowest BCUT2D eigenvalue weighted by Gasteiger charge is -2.40. The van der Waals surface area contributed by atoms with E-state index < -0.39 is 5.60 Å². The van der Waals surface area contributed by atoms with Crippen LogP contribution in [0.25, 0.3) is 0 Å². The molecule has 3 unspecified atom stereocenters. The lowest BCUT2D eigenvalue weighted by molar-refractivity contribution is 0.00456. The SMILES string of the molecule is CC(C)(C)OC(=O)N1C2CCC1CC(NCC1CCCNC1)C2. The molecule has 5 heteroatoms. The zero-order chi connectivity index (χ0) is 16.4.